The number of likely N-dealkylation sites (tertiary alicyclic amines) is 1. The Morgan fingerprint density at radius 1 is 1.00 bits per heavy atom. The molecule has 5 nitrogen and oxygen atoms in total. The van der Waals surface area contributed by atoms with E-state index in [-0.39, 0.29) is 11.4 Å². The van der Waals surface area contributed by atoms with Crippen molar-refractivity contribution in [3.05, 3.63) is 95.6 Å². The van der Waals surface area contributed by atoms with Crippen LogP contribution in [0.4, 0.5) is 14.7 Å². The average molecular weight is 503 g/mol. The molecule has 7 heteroatoms. The zero-order chi connectivity index (χ0) is 26.2. The van der Waals surface area contributed by atoms with Gasteiger partial charge in [-0.15, -0.1) is 0 Å². The van der Waals surface area contributed by atoms with Crippen molar-refractivity contribution in [3.8, 4) is 0 Å². The third kappa shape index (κ3) is 5.27. The Labute approximate surface area is 216 Å². The normalized spacial score (nSPS) is 18.4. The second-order valence-electron chi connectivity index (χ2n) is 10.8. The molecule has 192 valence electrons. The summed E-state index contributed by atoms with van der Waals surface area (Å²) in [5, 5.41) is 3.07. The summed E-state index contributed by atoms with van der Waals surface area (Å²) in [7, 11) is 0. The van der Waals surface area contributed by atoms with E-state index in [1.807, 2.05) is 47.0 Å². The van der Waals surface area contributed by atoms with Gasteiger partial charge in [0.15, 0.2) is 0 Å². The molecule has 1 aromatic heterocycles. The lowest BCUT2D eigenvalue weighted by atomic mass is 9.88. The maximum absolute atomic E-state index is 14.8. The fourth-order valence-corrected chi connectivity index (χ4v) is 5.22. The lowest BCUT2D eigenvalue weighted by Crippen LogP contribution is -2.40. The molecule has 0 radical (unpaired) electrons. The molecule has 1 amide bonds. The van der Waals surface area contributed by atoms with Crippen LogP contribution in [-0.2, 0) is 17.8 Å². The van der Waals surface area contributed by atoms with E-state index < -0.39 is 23.5 Å². The number of carbonyl (C=O) groups is 1. The molecule has 1 saturated heterocycles. The summed E-state index contributed by atoms with van der Waals surface area (Å²) in [5.41, 5.74) is 3.10. The van der Waals surface area contributed by atoms with Gasteiger partial charge >= 0.3 is 0 Å². The van der Waals surface area contributed by atoms with E-state index in [2.05, 4.69) is 43.1 Å². The molecule has 4 aromatic rings. The van der Waals surface area contributed by atoms with E-state index in [0.717, 1.165) is 23.5 Å². The zero-order valence-electron chi connectivity index (χ0n) is 21.4. The Morgan fingerprint density at radius 3 is 2.46 bits per heavy atom. The van der Waals surface area contributed by atoms with Crippen molar-refractivity contribution in [2.75, 3.05) is 18.4 Å². The predicted octanol–water partition coefficient (Wildman–Crippen LogP) is 6.01. The molecule has 0 aliphatic carbocycles. The molecular weight excluding hydrogens is 470 g/mol. The van der Waals surface area contributed by atoms with Gasteiger partial charge in [0.2, 0.25) is 11.9 Å². The number of nitrogens with one attached hydrogen (secondary N) is 1. The lowest BCUT2D eigenvalue weighted by Gasteiger charge is -2.31. The van der Waals surface area contributed by atoms with Crippen LogP contribution in [0.25, 0.3) is 11.0 Å². The predicted molar refractivity (Wildman–Crippen MR) is 142 cm³/mol. The van der Waals surface area contributed by atoms with E-state index in [1.165, 1.54) is 17.7 Å². The lowest BCUT2D eigenvalue weighted by molar-refractivity contribution is -0.120. The first-order valence-electron chi connectivity index (χ1n) is 12.7. The van der Waals surface area contributed by atoms with Crippen LogP contribution >= 0.6 is 0 Å². The van der Waals surface area contributed by atoms with Gasteiger partial charge in [-0.25, -0.2) is 13.8 Å². The molecule has 5 rings (SSSR count). The summed E-state index contributed by atoms with van der Waals surface area (Å²) in [5.74, 6) is -1.89. The van der Waals surface area contributed by atoms with Crippen LogP contribution in [0, 0.1) is 17.6 Å². The maximum atomic E-state index is 14.8. The molecule has 1 N–H and O–H groups in total. The number of hydrogen-bond acceptors (Lipinski definition) is 3. The summed E-state index contributed by atoms with van der Waals surface area (Å²) in [6, 6.07) is 21.6. The number of aryl methyl sites for hydroxylation is 2. The topological polar surface area (TPSA) is 50.2 Å². The minimum absolute atomic E-state index is 0.202. The largest absolute Gasteiger partial charge is 0.310 e. The molecule has 1 aliphatic heterocycles. The molecule has 1 fully saturated rings. The van der Waals surface area contributed by atoms with Crippen molar-refractivity contribution < 1.29 is 13.6 Å². The Hall–Kier alpha value is -3.58. The summed E-state index contributed by atoms with van der Waals surface area (Å²) < 4.78 is 30.5. The quantitative estimate of drug-likeness (QED) is 0.351. The van der Waals surface area contributed by atoms with Gasteiger partial charge in [0, 0.05) is 37.2 Å². The first-order chi connectivity index (χ1) is 17.7. The van der Waals surface area contributed by atoms with Crippen LogP contribution in [0.15, 0.2) is 72.8 Å². The Bertz CT molecular complexity index is 1410. The average Bonchev–Trinajstić information content (AvgIpc) is 3.45. The van der Waals surface area contributed by atoms with Gasteiger partial charge in [0.05, 0.1) is 17.0 Å². The number of imidazole rings is 1. The standard InChI is InChI=1S/C30H32F2N4O/c1-30(2,3)35-18-23(22-14-13-21(31)17-25(22)32)24(19-35)28(37)34-29-33-26-11-7-8-12-27(26)36(29)16-15-20-9-5-4-6-10-20/h4-14,17,23-24H,15-16,18-19H2,1-3H3,(H,33,34,37)/t23-,24+/m0/s1. The van der Waals surface area contributed by atoms with Crippen LogP contribution < -0.4 is 5.32 Å². The highest BCUT2D eigenvalue weighted by Gasteiger charge is 2.43. The zero-order valence-corrected chi connectivity index (χ0v) is 21.4. The number of fused-ring (bicyclic) bond motifs is 1. The molecule has 0 saturated carbocycles. The number of hydrogen-bond donors (Lipinski definition) is 1. The van der Waals surface area contributed by atoms with Crippen LogP contribution in [0.5, 0.6) is 0 Å². The highest BCUT2D eigenvalue weighted by molar-refractivity contribution is 5.94. The number of halogens is 2. The first kappa shape index (κ1) is 25.1. The number of amides is 1. The summed E-state index contributed by atoms with van der Waals surface area (Å²) >= 11 is 0. The second kappa shape index (κ2) is 10.1. The molecule has 0 spiro atoms. The van der Waals surface area contributed by atoms with Crippen molar-refractivity contribution >= 4 is 22.9 Å². The number of anilines is 1. The Kier molecular flexibility index (Phi) is 6.82. The number of nitrogens with zero attached hydrogens (tertiary/aromatic N) is 3. The van der Waals surface area contributed by atoms with E-state index >= 15 is 0 Å². The SMILES string of the molecule is CC(C)(C)N1C[C@@H](C(=O)Nc2nc3ccccc3n2CCc2ccccc2)[C@H](c2ccc(F)cc2F)C1. The van der Waals surface area contributed by atoms with Crippen LogP contribution in [0.3, 0.4) is 0 Å². The van der Waals surface area contributed by atoms with E-state index in [9.17, 15) is 13.6 Å². The van der Waals surface area contributed by atoms with Gasteiger partial charge < -0.3 is 4.57 Å². The number of benzene rings is 3. The Morgan fingerprint density at radius 2 is 1.73 bits per heavy atom. The molecule has 1 aliphatic rings. The second-order valence-corrected chi connectivity index (χ2v) is 10.8. The summed E-state index contributed by atoms with van der Waals surface area (Å²) in [4.78, 5) is 20.7. The highest BCUT2D eigenvalue weighted by atomic mass is 19.1. The van der Waals surface area contributed by atoms with Crippen molar-refractivity contribution in [2.45, 2.75) is 45.2 Å². The minimum atomic E-state index is -0.625. The summed E-state index contributed by atoms with van der Waals surface area (Å²) in [6.07, 6.45) is 0.786. The van der Waals surface area contributed by atoms with E-state index in [0.29, 0.717) is 31.1 Å². The van der Waals surface area contributed by atoms with Gasteiger partial charge in [-0.1, -0.05) is 48.5 Å². The molecule has 2 heterocycles. The van der Waals surface area contributed by atoms with Gasteiger partial charge in [-0.2, -0.15) is 0 Å². The maximum Gasteiger partial charge on any atom is 0.231 e. The van der Waals surface area contributed by atoms with Crippen LogP contribution in [-0.4, -0.2) is 39.0 Å². The summed E-state index contributed by atoms with van der Waals surface area (Å²) in [6.45, 7) is 7.86. The number of para-hydroxylation sites is 2. The monoisotopic (exact) mass is 502 g/mol. The fraction of sp³-hybridized carbons (Fsp3) is 0.333. The third-order valence-electron chi connectivity index (χ3n) is 7.32. The molecule has 37 heavy (non-hydrogen) atoms. The molecule has 0 unspecified atom stereocenters. The van der Waals surface area contributed by atoms with Crippen LogP contribution in [0.1, 0.15) is 37.8 Å². The third-order valence-corrected chi connectivity index (χ3v) is 7.32. The first-order valence-corrected chi connectivity index (χ1v) is 12.7. The van der Waals surface area contributed by atoms with Gasteiger partial charge in [-0.3, -0.25) is 15.0 Å². The fourth-order valence-electron chi connectivity index (χ4n) is 5.22. The number of rotatable bonds is 6. The Balaban J connectivity index is 1.45. The minimum Gasteiger partial charge on any atom is -0.310 e. The van der Waals surface area contributed by atoms with E-state index in [4.69, 9.17) is 4.98 Å². The molecular formula is C30H32F2N4O. The highest BCUT2D eigenvalue weighted by Crippen LogP contribution is 2.38. The number of carbonyl (C=O) groups excluding carboxylic acids is 1. The number of aromatic nitrogens is 2. The smallest absolute Gasteiger partial charge is 0.231 e. The van der Waals surface area contributed by atoms with Gasteiger partial charge in [-0.05, 0) is 56.5 Å². The molecule has 3 aromatic carbocycles. The van der Waals surface area contributed by atoms with E-state index in [1.54, 1.807) is 0 Å². The van der Waals surface area contributed by atoms with Gasteiger partial charge in [0.25, 0.3) is 0 Å². The molecule has 2 atom stereocenters. The van der Waals surface area contributed by atoms with Crippen molar-refractivity contribution in [2.24, 2.45) is 5.92 Å². The van der Waals surface area contributed by atoms with Crippen molar-refractivity contribution in [3.63, 3.8) is 0 Å². The van der Waals surface area contributed by atoms with Crippen molar-refractivity contribution in [1.29, 1.82) is 0 Å². The van der Waals surface area contributed by atoms with Crippen LogP contribution in [0.2, 0.25) is 0 Å². The van der Waals surface area contributed by atoms with Gasteiger partial charge in [0.1, 0.15) is 11.6 Å². The van der Waals surface area contributed by atoms with Crippen molar-refractivity contribution in [1.82, 2.24) is 14.5 Å². The molecule has 0 bridgehead atoms.